The molecule has 8 nitrogen and oxygen atoms in total. The quantitative estimate of drug-likeness (QED) is 0.344. The molecule has 39 heavy (non-hydrogen) atoms. The van der Waals surface area contributed by atoms with E-state index in [1.54, 1.807) is 42.7 Å². The SMILES string of the molecule is O=C(NCc1cccnc1)[C@@H](CCc1ccccc1)COC(=O)[C@@H]1CCCCN1S(=O)(=O)Cc1ccccc1. The van der Waals surface area contributed by atoms with Crippen LogP contribution < -0.4 is 5.32 Å². The van der Waals surface area contributed by atoms with Gasteiger partial charge in [0.05, 0.1) is 11.7 Å². The summed E-state index contributed by atoms with van der Waals surface area (Å²) in [5.41, 5.74) is 2.62. The highest BCUT2D eigenvalue weighted by atomic mass is 32.2. The summed E-state index contributed by atoms with van der Waals surface area (Å²) in [5.74, 6) is -1.58. The molecule has 1 aliphatic heterocycles. The molecule has 2 heterocycles. The van der Waals surface area contributed by atoms with Crippen LogP contribution in [-0.2, 0) is 43.1 Å². The van der Waals surface area contributed by atoms with Crippen LogP contribution >= 0.6 is 0 Å². The molecule has 0 spiro atoms. The fraction of sp³-hybridized carbons (Fsp3) is 0.367. The van der Waals surface area contributed by atoms with Gasteiger partial charge in [0.2, 0.25) is 15.9 Å². The van der Waals surface area contributed by atoms with Gasteiger partial charge in [-0.2, -0.15) is 4.31 Å². The van der Waals surface area contributed by atoms with Crippen LogP contribution in [0.25, 0.3) is 0 Å². The summed E-state index contributed by atoms with van der Waals surface area (Å²) in [5, 5.41) is 2.92. The van der Waals surface area contributed by atoms with Gasteiger partial charge in [-0.15, -0.1) is 0 Å². The van der Waals surface area contributed by atoms with Gasteiger partial charge in [-0.05, 0) is 54.9 Å². The molecule has 1 aromatic heterocycles. The fourth-order valence-electron chi connectivity index (χ4n) is 4.73. The number of sulfonamides is 1. The van der Waals surface area contributed by atoms with Crippen LogP contribution in [0.15, 0.2) is 85.2 Å². The Bertz CT molecular complexity index is 1300. The van der Waals surface area contributed by atoms with Crippen LogP contribution in [0.2, 0.25) is 0 Å². The van der Waals surface area contributed by atoms with Gasteiger partial charge in [-0.1, -0.05) is 66.7 Å². The second-order valence-electron chi connectivity index (χ2n) is 9.79. The molecule has 0 bridgehead atoms. The normalized spacial score (nSPS) is 16.8. The lowest BCUT2D eigenvalue weighted by Crippen LogP contribution is -2.49. The highest BCUT2D eigenvalue weighted by molar-refractivity contribution is 7.88. The zero-order valence-corrected chi connectivity index (χ0v) is 22.8. The zero-order chi connectivity index (χ0) is 27.5. The lowest BCUT2D eigenvalue weighted by atomic mass is 9.99. The van der Waals surface area contributed by atoms with Gasteiger partial charge in [0, 0.05) is 25.5 Å². The Morgan fingerprint density at radius 1 is 0.949 bits per heavy atom. The number of pyridine rings is 1. The first-order chi connectivity index (χ1) is 18.9. The summed E-state index contributed by atoms with van der Waals surface area (Å²) < 4.78 is 33.4. The van der Waals surface area contributed by atoms with Gasteiger partial charge in [-0.25, -0.2) is 8.42 Å². The molecule has 2 aromatic carbocycles. The number of piperidine rings is 1. The molecule has 9 heteroatoms. The Balaban J connectivity index is 1.41. The summed E-state index contributed by atoms with van der Waals surface area (Å²) in [6.07, 6.45) is 6.30. The second kappa shape index (κ2) is 14.0. The molecule has 1 fully saturated rings. The molecule has 0 saturated carbocycles. The molecule has 1 N–H and O–H groups in total. The summed E-state index contributed by atoms with van der Waals surface area (Å²) in [6.45, 7) is 0.474. The third-order valence-electron chi connectivity index (χ3n) is 6.89. The smallest absolute Gasteiger partial charge is 0.324 e. The molecule has 1 aliphatic rings. The van der Waals surface area contributed by atoms with Crippen LogP contribution in [0.5, 0.6) is 0 Å². The van der Waals surface area contributed by atoms with E-state index in [1.807, 2.05) is 42.5 Å². The number of amides is 1. The molecule has 3 aromatic rings. The van der Waals surface area contributed by atoms with E-state index < -0.39 is 28.0 Å². The molecule has 0 radical (unpaired) electrons. The van der Waals surface area contributed by atoms with Crippen LogP contribution in [0.4, 0.5) is 0 Å². The molecule has 4 rings (SSSR count). The molecule has 1 saturated heterocycles. The van der Waals surface area contributed by atoms with E-state index in [0.717, 1.165) is 17.5 Å². The highest BCUT2D eigenvalue weighted by Crippen LogP contribution is 2.24. The van der Waals surface area contributed by atoms with Crippen molar-refractivity contribution in [3.05, 3.63) is 102 Å². The van der Waals surface area contributed by atoms with Crippen LogP contribution in [0.3, 0.4) is 0 Å². The summed E-state index contributed by atoms with van der Waals surface area (Å²) in [4.78, 5) is 30.4. The number of ether oxygens (including phenoxy) is 1. The predicted octanol–water partition coefficient (Wildman–Crippen LogP) is 3.87. The van der Waals surface area contributed by atoms with Gasteiger partial charge in [0.1, 0.15) is 12.6 Å². The molecular formula is C30H35N3O5S. The molecule has 206 valence electrons. The van der Waals surface area contributed by atoms with Crippen molar-refractivity contribution in [3.8, 4) is 0 Å². The lowest BCUT2D eigenvalue weighted by molar-refractivity contribution is -0.151. The van der Waals surface area contributed by atoms with Crippen molar-refractivity contribution >= 4 is 21.9 Å². The Hall–Kier alpha value is -3.56. The average Bonchev–Trinajstić information content (AvgIpc) is 2.97. The standard InChI is InChI=1S/C30H35N3O5S/c34-29(32-21-26-14-9-18-31-20-26)27(17-16-24-10-3-1-4-11-24)22-38-30(35)28-15-7-8-19-33(28)39(36,37)23-25-12-5-2-6-13-25/h1-6,9-14,18,20,27-28H,7-8,15-17,19,21-23H2,(H,32,34)/t27-,28-/m0/s1. The molecule has 1 amide bonds. The van der Waals surface area contributed by atoms with Crippen molar-refractivity contribution < 1.29 is 22.7 Å². The number of nitrogens with zero attached hydrogens (tertiary/aromatic N) is 2. The zero-order valence-electron chi connectivity index (χ0n) is 21.9. The van der Waals surface area contributed by atoms with Gasteiger partial charge >= 0.3 is 5.97 Å². The van der Waals surface area contributed by atoms with Crippen molar-refractivity contribution in [1.29, 1.82) is 0 Å². The van der Waals surface area contributed by atoms with Gasteiger partial charge in [0.15, 0.2) is 0 Å². The number of rotatable bonds is 12. The second-order valence-corrected chi connectivity index (χ2v) is 11.7. The summed E-state index contributed by atoms with van der Waals surface area (Å²) in [7, 11) is -3.72. The maximum Gasteiger partial charge on any atom is 0.324 e. The third-order valence-corrected chi connectivity index (χ3v) is 8.74. The molecule has 0 aliphatic carbocycles. The number of aromatic nitrogens is 1. The highest BCUT2D eigenvalue weighted by Gasteiger charge is 2.38. The lowest BCUT2D eigenvalue weighted by Gasteiger charge is -2.33. The number of nitrogens with one attached hydrogen (secondary N) is 1. The average molecular weight is 550 g/mol. The number of carbonyl (C=O) groups is 2. The first kappa shape index (κ1) is 28.4. The van der Waals surface area contributed by atoms with Crippen molar-refractivity contribution in [2.75, 3.05) is 13.2 Å². The monoisotopic (exact) mass is 549 g/mol. The molecular weight excluding hydrogens is 514 g/mol. The topological polar surface area (TPSA) is 106 Å². The minimum absolute atomic E-state index is 0.117. The number of hydrogen-bond acceptors (Lipinski definition) is 6. The van der Waals surface area contributed by atoms with E-state index >= 15 is 0 Å². The third kappa shape index (κ3) is 8.46. The van der Waals surface area contributed by atoms with Gasteiger partial charge in [0.25, 0.3) is 0 Å². The first-order valence-corrected chi connectivity index (χ1v) is 14.9. The number of esters is 1. The number of hydrogen-bond donors (Lipinski definition) is 1. The summed E-state index contributed by atoms with van der Waals surface area (Å²) in [6, 6.07) is 21.5. The van der Waals surface area contributed by atoms with Crippen LogP contribution in [0, 0.1) is 5.92 Å². The van der Waals surface area contributed by atoms with Crippen molar-refractivity contribution in [1.82, 2.24) is 14.6 Å². The Morgan fingerprint density at radius 3 is 2.33 bits per heavy atom. The largest absolute Gasteiger partial charge is 0.464 e. The Morgan fingerprint density at radius 2 is 1.64 bits per heavy atom. The Kier molecular flexibility index (Phi) is 10.2. The molecule has 2 atom stereocenters. The van der Waals surface area contributed by atoms with E-state index in [9.17, 15) is 18.0 Å². The number of benzene rings is 2. The van der Waals surface area contributed by atoms with E-state index in [4.69, 9.17) is 4.74 Å². The number of carbonyl (C=O) groups excluding carboxylic acids is 2. The van der Waals surface area contributed by atoms with Crippen LogP contribution in [0.1, 0.15) is 42.4 Å². The Labute approximate surface area is 230 Å². The van der Waals surface area contributed by atoms with E-state index in [-0.39, 0.29) is 24.8 Å². The maximum absolute atomic E-state index is 13.2. The minimum Gasteiger partial charge on any atom is -0.464 e. The minimum atomic E-state index is -3.72. The first-order valence-electron chi connectivity index (χ1n) is 13.3. The maximum atomic E-state index is 13.2. The van der Waals surface area contributed by atoms with Crippen molar-refractivity contribution in [2.24, 2.45) is 5.92 Å². The summed E-state index contributed by atoms with van der Waals surface area (Å²) >= 11 is 0. The van der Waals surface area contributed by atoms with E-state index in [2.05, 4.69) is 10.3 Å². The van der Waals surface area contributed by atoms with E-state index in [0.29, 0.717) is 37.8 Å². The van der Waals surface area contributed by atoms with Gasteiger partial charge < -0.3 is 10.1 Å². The number of aryl methyl sites for hydroxylation is 1. The van der Waals surface area contributed by atoms with Crippen LogP contribution in [-0.4, -0.2) is 48.8 Å². The van der Waals surface area contributed by atoms with Gasteiger partial charge in [-0.3, -0.25) is 14.6 Å². The molecule has 0 unspecified atom stereocenters. The predicted molar refractivity (Wildman–Crippen MR) is 149 cm³/mol. The fourth-order valence-corrected chi connectivity index (χ4v) is 6.50. The van der Waals surface area contributed by atoms with Crippen molar-refractivity contribution in [3.63, 3.8) is 0 Å². The van der Waals surface area contributed by atoms with E-state index in [1.165, 1.54) is 4.31 Å². The van der Waals surface area contributed by atoms with Crippen molar-refractivity contribution in [2.45, 2.75) is 50.4 Å².